The van der Waals surface area contributed by atoms with Crippen molar-refractivity contribution < 1.29 is 4.79 Å². The molecule has 1 amide bonds. The molecule has 0 aliphatic carbocycles. The Morgan fingerprint density at radius 2 is 1.88 bits per heavy atom. The summed E-state index contributed by atoms with van der Waals surface area (Å²) < 4.78 is 0.885. The first-order chi connectivity index (χ1) is 12.1. The molecule has 3 rings (SSSR count). The number of halogens is 1. The molecule has 1 N–H and O–H groups in total. The molecular weight excluding hydrogens is 382 g/mol. The summed E-state index contributed by atoms with van der Waals surface area (Å²) in [4.78, 5) is 13.4. The molecule has 0 radical (unpaired) electrons. The van der Waals surface area contributed by atoms with Gasteiger partial charge in [-0.1, -0.05) is 65.3 Å². The molecule has 25 heavy (non-hydrogen) atoms. The van der Waals surface area contributed by atoms with E-state index >= 15 is 0 Å². The van der Waals surface area contributed by atoms with Crippen LogP contribution in [0.1, 0.15) is 18.4 Å². The molecule has 0 spiro atoms. The van der Waals surface area contributed by atoms with Crippen LogP contribution in [0, 0.1) is 0 Å². The van der Waals surface area contributed by atoms with Gasteiger partial charge in [0.15, 0.2) is 0 Å². The van der Waals surface area contributed by atoms with Crippen molar-refractivity contribution in [1.82, 2.24) is 25.5 Å². The van der Waals surface area contributed by atoms with Crippen LogP contribution < -0.4 is 5.32 Å². The normalized spacial score (nSPS) is 11.9. The Morgan fingerprint density at radius 1 is 1.16 bits per heavy atom. The highest BCUT2D eigenvalue weighted by Gasteiger charge is 2.12. The smallest absolute Gasteiger partial charge is 0.243 e. The molecular formula is C18H18BrN5O. The predicted molar refractivity (Wildman–Crippen MR) is 98.8 cm³/mol. The molecule has 6 nitrogen and oxygen atoms in total. The van der Waals surface area contributed by atoms with Crippen LogP contribution in [0.2, 0.25) is 0 Å². The number of amides is 1. The van der Waals surface area contributed by atoms with E-state index in [1.807, 2.05) is 42.5 Å². The maximum Gasteiger partial charge on any atom is 0.243 e. The molecule has 3 aromatic rings. The topological polar surface area (TPSA) is 72.7 Å². The fourth-order valence-corrected chi connectivity index (χ4v) is 2.87. The van der Waals surface area contributed by atoms with Crippen molar-refractivity contribution in [2.24, 2.45) is 0 Å². The van der Waals surface area contributed by atoms with Crippen LogP contribution in [-0.2, 0) is 11.3 Å². The number of rotatable bonds is 6. The first kappa shape index (κ1) is 17.3. The first-order valence-electron chi connectivity index (χ1n) is 7.98. The summed E-state index contributed by atoms with van der Waals surface area (Å²) in [6.07, 6.45) is 0. The standard InChI is InChI=1S/C18H18BrN5O/c1-13(14-7-3-2-4-8-14)11-20-17(25)12-24-22-18(21-23-24)15-9-5-6-10-16(15)19/h2-10,13H,11-12H2,1H3,(H,20,25)/t13-/m0/s1. The van der Waals surface area contributed by atoms with Gasteiger partial charge in [-0.25, -0.2) is 0 Å². The van der Waals surface area contributed by atoms with Crippen molar-refractivity contribution in [2.75, 3.05) is 6.54 Å². The van der Waals surface area contributed by atoms with Crippen LogP contribution in [0.5, 0.6) is 0 Å². The minimum Gasteiger partial charge on any atom is -0.354 e. The maximum absolute atomic E-state index is 12.1. The molecule has 1 heterocycles. The number of carbonyl (C=O) groups excluding carboxylic acids is 1. The number of hydrogen-bond acceptors (Lipinski definition) is 4. The lowest BCUT2D eigenvalue weighted by Gasteiger charge is -2.12. The maximum atomic E-state index is 12.1. The van der Waals surface area contributed by atoms with Crippen LogP contribution in [-0.4, -0.2) is 32.7 Å². The van der Waals surface area contributed by atoms with E-state index in [1.165, 1.54) is 10.4 Å². The zero-order valence-electron chi connectivity index (χ0n) is 13.8. The Balaban J connectivity index is 1.56. The zero-order chi connectivity index (χ0) is 17.6. The molecule has 0 aliphatic rings. The van der Waals surface area contributed by atoms with Crippen molar-refractivity contribution >= 4 is 21.8 Å². The fraction of sp³-hybridized carbons (Fsp3) is 0.222. The second kappa shape index (κ2) is 8.02. The highest BCUT2D eigenvalue weighted by atomic mass is 79.9. The van der Waals surface area contributed by atoms with Crippen LogP contribution in [0.25, 0.3) is 11.4 Å². The van der Waals surface area contributed by atoms with Crippen molar-refractivity contribution in [3.05, 3.63) is 64.6 Å². The van der Waals surface area contributed by atoms with E-state index in [0.29, 0.717) is 12.4 Å². The average molecular weight is 400 g/mol. The summed E-state index contributed by atoms with van der Waals surface area (Å²) in [5.41, 5.74) is 2.03. The third-order valence-corrected chi connectivity index (χ3v) is 4.52. The quantitative estimate of drug-likeness (QED) is 0.691. The molecule has 7 heteroatoms. The molecule has 0 unspecified atom stereocenters. The number of aromatic nitrogens is 4. The Hall–Kier alpha value is -2.54. The van der Waals surface area contributed by atoms with Crippen molar-refractivity contribution in [3.8, 4) is 11.4 Å². The fourth-order valence-electron chi connectivity index (χ4n) is 2.41. The molecule has 1 aromatic heterocycles. The van der Waals surface area contributed by atoms with E-state index in [4.69, 9.17) is 0 Å². The molecule has 0 aliphatic heterocycles. The predicted octanol–water partition coefficient (Wildman–Crippen LogP) is 3.02. The number of hydrogen-bond donors (Lipinski definition) is 1. The Kier molecular flexibility index (Phi) is 5.55. The lowest BCUT2D eigenvalue weighted by Crippen LogP contribution is -2.31. The zero-order valence-corrected chi connectivity index (χ0v) is 15.3. The molecule has 0 bridgehead atoms. The van der Waals surface area contributed by atoms with Gasteiger partial charge in [0.1, 0.15) is 6.54 Å². The highest BCUT2D eigenvalue weighted by molar-refractivity contribution is 9.10. The summed E-state index contributed by atoms with van der Waals surface area (Å²) in [6.45, 7) is 2.68. The summed E-state index contributed by atoms with van der Waals surface area (Å²) >= 11 is 3.46. The van der Waals surface area contributed by atoms with E-state index in [9.17, 15) is 4.79 Å². The largest absolute Gasteiger partial charge is 0.354 e. The molecule has 2 aromatic carbocycles. The molecule has 1 atom stereocenters. The Morgan fingerprint density at radius 3 is 2.64 bits per heavy atom. The van der Waals surface area contributed by atoms with Gasteiger partial charge in [-0.05, 0) is 28.8 Å². The molecule has 0 fully saturated rings. The van der Waals surface area contributed by atoms with Crippen molar-refractivity contribution in [2.45, 2.75) is 19.4 Å². The summed E-state index contributed by atoms with van der Waals surface area (Å²) in [5, 5.41) is 15.2. The summed E-state index contributed by atoms with van der Waals surface area (Å²) in [7, 11) is 0. The average Bonchev–Trinajstić information content (AvgIpc) is 3.09. The van der Waals surface area contributed by atoms with E-state index in [0.717, 1.165) is 10.0 Å². The van der Waals surface area contributed by atoms with Gasteiger partial charge >= 0.3 is 0 Å². The first-order valence-corrected chi connectivity index (χ1v) is 8.77. The second-order valence-corrected chi connectivity index (χ2v) is 6.59. The lowest BCUT2D eigenvalue weighted by atomic mass is 10.0. The van der Waals surface area contributed by atoms with Gasteiger partial charge in [0, 0.05) is 16.6 Å². The van der Waals surface area contributed by atoms with E-state index < -0.39 is 0 Å². The highest BCUT2D eigenvalue weighted by Crippen LogP contribution is 2.24. The van der Waals surface area contributed by atoms with Gasteiger partial charge in [0.2, 0.25) is 11.7 Å². The number of benzene rings is 2. The van der Waals surface area contributed by atoms with Gasteiger partial charge in [-0.15, -0.1) is 10.2 Å². The third-order valence-electron chi connectivity index (χ3n) is 3.83. The van der Waals surface area contributed by atoms with E-state index in [-0.39, 0.29) is 18.4 Å². The minimum atomic E-state index is -0.140. The Bertz CT molecular complexity index is 849. The molecule has 0 saturated heterocycles. The number of carbonyl (C=O) groups is 1. The van der Waals surface area contributed by atoms with Crippen LogP contribution in [0.4, 0.5) is 0 Å². The van der Waals surface area contributed by atoms with Gasteiger partial charge in [-0.2, -0.15) is 4.80 Å². The SMILES string of the molecule is C[C@@H](CNC(=O)Cn1nnc(-c2ccccc2Br)n1)c1ccccc1. The van der Waals surface area contributed by atoms with Crippen molar-refractivity contribution in [3.63, 3.8) is 0 Å². The molecule has 0 saturated carbocycles. The molecule has 128 valence electrons. The van der Waals surface area contributed by atoms with Gasteiger partial charge in [-0.3, -0.25) is 4.79 Å². The van der Waals surface area contributed by atoms with Gasteiger partial charge in [0.25, 0.3) is 0 Å². The van der Waals surface area contributed by atoms with Crippen LogP contribution in [0.3, 0.4) is 0 Å². The van der Waals surface area contributed by atoms with E-state index in [2.05, 4.69) is 55.7 Å². The Labute approximate surface area is 154 Å². The van der Waals surface area contributed by atoms with Gasteiger partial charge < -0.3 is 5.32 Å². The monoisotopic (exact) mass is 399 g/mol. The van der Waals surface area contributed by atoms with E-state index in [1.54, 1.807) is 0 Å². The lowest BCUT2D eigenvalue weighted by molar-refractivity contribution is -0.122. The summed E-state index contributed by atoms with van der Waals surface area (Å²) in [6, 6.07) is 17.7. The summed E-state index contributed by atoms with van der Waals surface area (Å²) in [5.74, 6) is 0.585. The van der Waals surface area contributed by atoms with Gasteiger partial charge in [0.05, 0.1) is 0 Å². The number of tetrazole rings is 1. The number of nitrogens with zero attached hydrogens (tertiary/aromatic N) is 4. The second-order valence-electron chi connectivity index (χ2n) is 5.74. The van der Waals surface area contributed by atoms with Crippen LogP contribution >= 0.6 is 15.9 Å². The van der Waals surface area contributed by atoms with Crippen molar-refractivity contribution in [1.29, 1.82) is 0 Å². The number of nitrogens with one attached hydrogen (secondary N) is 1. The minimum absolute atomic E-state index is 0.0406. The van der Waals surface area contributed by atoms with Crippen LogP contribution in [0.15, 0.2) is 59.1 Å². The third kappa shape index (κ3) is 4.51.